The van der Waals surface area contributed by atoms with Crippen molar-refractivity contribution in [3.05, 3.63) is 47.8 Å². The maximum Gasteiger partial charge on any atom is 0.159 e. The molecular weight excluding hydrogens is 262 g/mol. The minimum Gasteiger partial charge on any atom is -0.493 e. The molecule has 0 bridgehead atoms. The summed E-state index contributed by atoms with van der Waals surface area (Å²) in [5, 5.41) is 7.91. The van der Waals surface area contributed by atoms with Crippen molar-refractivity contribution in [2.24, 2.45) is 7.05 Å². The van der Waals surface area contributed by atoms with E-state index in [1.807, 2.05) is 11.7 Å². The third-order valence-electron chi connectivity index (χ3n) is 3.76. The van der Waals surface area contributed by atoms with Crippen molar-refractivity contribution < 1.29 is 4.74 Å². The quantitative estimate of drug-likeness (QED) is 0.811. The summed E-state index contributed by atoms with van der Waals surface area (Å²) in [6, 6.07) is 11.0. The van der Waals surface area contributed by atoms with E-state index in [2.05, 4.69) is 47.7 Å². The Morgan fingerprint density at radius 1 is 1.29 bits per heavy atom. The molecule has 114 valence electrons. The molecule has 0 saturated carbocycles. The summed E-state index contributed by atoms with van der Waals surface area (Å²) in [4.78, 5) is 0. The summed E-state index contributed by atoms with van der Waals surface area (Å²) >= 11 is 0. The van der Waals surface area contributed by atoms with Crippen LogP contribution in [0.1, 0.15) is 37.1 Å². The summed E-state index contributed by atoms with van der Waals surface area (Å²) in [6.07, 6.45) is 4.89. The van der Waals surface area contributed by atoms with E-state index in [1.54, 1.807) is 13.3 Å². The first kappa shape index (κ1) is 15.6. The average Bonchev–Trinajstić information content (AvgIpc) is 2.88. The molecule has 1 unspecified atom stereocenters. The molecule has 1 aromatic heterocycles. The molecule has 2 rings (SSSR count). The predicted molar refractivity (Wildman–Crippen MR) is 85.6 cm³/mol. The Balaban J connectivity index is 2.07. The van der Waals surface area contributed by atoms with Gasteiger partial charge in [0.2, 0.25) is 0 Å². The molecule has 21 heavy (non-hydrogen) atoms. The summed E-state index contributed by atoms with van der Waals surface area (Å²) < 4.78 is 7.29. The summed E-state index contributed by atoms with van der Waals surface area (Å²) in [5.41, 5.74) is 2.49. The van der Waals surface area contributed by atoms with Gasteiger partial charge in [-0.15, -0.1) is 0 Å². The van der Waals surface area contributed by atoms with Crippen molar-refractivity contribution >= 4 is 0 Å². The molecule has 0 spiro atoms. The van der Waals surface area contributed by atoms with Gasteiger partial charge in [-0.1, -0.05) is 37.3 Å². The number of aryl methyl sites for hydroxylation is 1. The Hall–Kier alpha value is -1.81. The van der Waals surface area contributed by atoms with Gasteiger partial charge in [-0.25, -0.2) is 0 Å². The van der Waals surface area contributed by atoms with Crippen molar-refractivity contribution in [3.63, 3.8) is 0 Å². The first-order chi connectivity index (χ1) is 10.3. The van der Waals surface area contributed by atoms with E-state index in [1.165, 1.54) is 5.56 Å². The van der Waals surface area contributed by atoms with Crippen LogP contribution in [0.5, 0.6) is 5.75 Å². The summed E-state index contributed by atoms with van der Waals surface area (Å²) in [7, 11) is 3.67. The normalized spacial score (nSPS) is 12.3. The van der Waals surface area contributed by atoms with Crippen LogP contribution in [-0.2, 0) is 13.5 Å². The number of aromatic nitrogens is 2. The zero-order chi connectivity index (χ0) is 15.1. The van der Waals surface area contributed by atoms with Gasteiger partial charge in [0.05, 0.1) is 19.0 Å². The van der Waals surface area contributed by atoms with Crippen molar-refractivity contribution in [1.82, 2.24) is 15.1 Å². The van der Waals surface area contributed by atoms with Gasteiger partial charge in [-0.2, -0.15) is 5.10 Å². The molecule has 0 fully saturated rings. The number of nitrogens with zero attached hydrogens (tertiary/aromatic N) is 2. The highest BCUT2D eigenvalue weighted by molar-refractivity contribution is 5.26. The van der Waals surface area contributed by atoms with Crippen LogP contribution < -0.4 is 10.1 Å². The molecule has 1 heterocycles. The molecule has 2 aromatic rings. The zero-order valence-corrected chi connectivity index (χ0v) is 13.2. The first-order valence-electron chi connectivity index (χ1n) is 7.59. The molecule has 0 aliphatic carbocycles. The number of ether oxygens (including phenoxy) is 1. The van der Waals surface area contributed by atoms with Crippen molar-refractivity contribution in [1.29, 1.82) is 0 Å². The van der Waals surface area contributed by atoms with E-state index < -0.39 is 0 Å². The number of benzene rings is 1. The first-order valence-corrected chi connectivity index (χ1v) is 7.59. The second-order valence-corrected chi connectivity index (χ2v) is 5.24. The minimum absolute atomic E-state index is 0.366. The molecule has 0 aliphatic rings. The minimum atomic E-state index is 0.366. The smallest absolute Gasteiger partial charge is 0.159 e. The maximum atomic E-state index is 5.38. The van der Waals surface area contributed by atoms with Gasteiger partial charge in [0.1, 0.15) is 0 Å². The van der Waals surface area contributed by atoms with E-state index in [0.717, 1.165) is 37.3 Å². The fraction of sp³-hybridized carbons (Fsp3) is 0.471. The Kier molecular flexibility index (Phi) is 5.81. The molecule has 0 aliphatic heterocycles. The topological polar surface area (TPSA) is 39.1 Å². The fourth-order valence-corrected chi connectivity index (χ4v) is 2.57. The number of nitrogens with one attached hydrogen (secondary N) is 1. The molecule has 0 amide bonds. The fourth-order valence-electron chi connectivity index (χ4n) is 2.57. The van der Waals surface area contributed by atoms with E-state index in [-0.39, 0.29) is 0 Å². The van der Waals surface area contributed by atoms with E-state index in [0.29, 0.717) is 6.04 Å². The van der Waals surface area contributed by atoms with Gasteiger partial charge in [-0.05, 0) is 31.4 Å². The highest BCUT2D eigenvalue weighted by Gasteiger charge is 2.14. The molecule has 1 aromatic carbocycles. The molecule has 4 heteroatoms. The van der Waals surface area contributed by atoms with Gasteiger partial charge < -0.3 is 10.1 Å². The number of methoxy groups -OCH3 is 1. The van der Waals surface area contributed by atoms with E-state index in [9.17, 15) is 0 Å². The number of hydrogen-bond donors (Lipinski definition) is 1. The second-order valence-electron chi connectivity index (χ2n) is 5.24. The van der Waals surface area contributed by atoms with Gasteiger partial charge in [-0.3, -0.25) is 4.68 Å². The largest absolute Gasteiger partial charge is 0.493 e. The van der Waals surface area contributed by atoms with Crippen LogP contribution in [-0.4, -0.2) is 23.4 Å². The van der Waals surface area contributed by atoms with Gasteiger partial charge in [0.15, 0.2) is 5.75 Å². The summed E-state index contributed by atoms with van der Waals surface area (Å²) in [5.74, 6) is 0.875. The predicted octanol–water partition coefficient (Wildman–Crippen LogP) is 3.10. The molecule has 4 nitrogen and oxygen atoms in total. The third-order valence-corrected chi connectivity index (χ3v) is 3.76. The molecule has 0 saturated heterocycles. The van der Waals surface area contributed by atoms with E-state index >= 15 is 0 Å². The Morgan fingerprint density at radius 3 is 2.71 bits per heavy atom. The molecule has 1 N–H and O–H groups in total. The van der Waals surface area contributed by atoms with Crippen LogP contribution in [0, 0.1) is 0 Å². The zero-order valence-electron chi connectivity index (χ0n) is 13.2. The van der Waals surface area contributed by atoms with Gasteiger partial charge in [0.25, 0.3) is 0 Å². The van der Waals surface area contributed by atoms with Crippen LogP contribution in [0.4, 0.5) is 0 Å². The van der Waals surface area contributed by atoms with Crippen molar-refractivity contribution in [3.8, 4) is 5.75 Å². The highest BCUT2D eigenvalue weighted by Crippen LogP contribution is 2.23. The molecular formula is C17H25N3O. The number of rotatable bonds is 8. The average molecular weight is 287 g/mol. The SMILES string of the molecule is CCCNC(CCc1c(OC)cnn1C)c1ccccc1. The molecule has 1 atom stereocenters. The Bertz CT molecular complexity index is 536. The number of hydrogen-bond acceptors (Lipinski definition) is 3. The van der Waals surface area contributed by atoms with Crippen molar-refractivity contribution in [2.45, 2.75) is 32.2 Å². The monoisotopic (exact) mass is 287 g/mol. The maximum absolute atomic E-state index is 5.38. The highest BCUT2D eigenvalue weighted by atomic mass is 16.5. The standard InChI is InChI=1S/C17H25N3O/c1-4-12-18-15(14-8-6-5-7-9-14)10-11-16-17(21-3)13-19-20(16)2/h5-9,13,15,18H,4,10-12H2,1-3H3. The summed E-state index contributed by atoms with van der Waals surface area (Å²) in [6.45, 7) is 3.22. The van der Waals surface area contributed by atoms with Crippen LogP contribution in [0.3, 0.4) is 0 Å². The lowest BCUT2D eigenvalue weighted by Crippen LogP contribution is -2.23. The lowest BCUT2D eigenvalue weighted by Gasteiger charge is -2.19. The van der Waals surface area contributed by atoms with Crippen LogP contribution in [0.2, 0.25) is 0 Å². The molecule has 0 radical (unpaired) electrons. The third kappa shape index (κ3) is 4.08. The van der Waals surface area contributed by atoms with Gasteiger partial charge in [0, 0.05) is 13.1 Å². The van der Waals surface area contributed by atoms with Gasteiger partial charge >= 0.3 is 0 Å². The van der Waals surface area contributed by atoms with E-state index in [4.69, 9.17) is 4.74 Å². The second kappa shape index (κ2) is 7.84. The van der Waals surface area contributed by atoms with Crippen LogP contribution in [0.15, 0.2) is 36.5 Å². The lowest BCUT2D eigenvalue weighted by molar-refractivity contribution is 0.404. The van der Waals surface area contributed by atoms with Crippen molar-refractivity contribution in [2.75, 3.05) is 13.7 Å². The van der Waals surface area contributed by atoms with Crippen LogP contribution in [0.25, 0.3) is 0 Å². The lowest BCUT2D eigenvalue weighted by atomic mass is 10.0. The Labute approximate surface area is 127 Å². The Morgan fingerprint density at radius 2 is 2.05 bits per heavy atom. The van der Waals surface area contributed by atoms with Crippen LogP contribution >= 0.6 is 0 Å².